The standard InChI is InChI=1S/C13H17N3O2/c1-15-4-6-16(7-5-15)13-3-2-11(9-17)8-12(13)14-10-18/h2-3,8-10H,4-7H2,1H3,(H,14,18). The van der Waals surface area contributed by atoms with Crippen molar-refractivity contribution in [2.24, 2.45) is 0 Å². The molecule has 5 heteroatoms. The number of aldehydes is 1. The van der Waals surface area contributed by atoms with E-state index in [4.69, 9.17) is 0 Å². The highest BCUT2D eigenvalue weighted by atomic mass is 16.1. The van der Waals surface area contributed by atoms with E-state index in [0.29, 0.717) is 17.7 Å². The van der Waals surface area contributed by atoms with Gasteiger partial charge in [-0.05, 0) is 25.2 Å². The van der Waals surface area contributed by atoms with Crippen LogP contribution in [0.15, 0.2) is 18.2 Å². The first-order valence-corrected chi connectivity index (χ1v) is 5.97. The van der Waals surface area contributed by atoms with Gasteiger partial charge >= 0.3 is 0 Å². The van der Waals surface area contributed by atoms with Crippen molar-refractivity contribution in [2.45, 2.75) is 0 Å². The van der Waals surface area contributed by atoms with Crippen molar-refractivity contribution >= 4 is 24.1 Å². The third kappa shape index (κ3) is 2.68. The topological polar surface area (TPSA) is 52.6 Å². The normalized spacial score (nSPS) is 16.4. The molecular weight excluding hydrogens is 230 g/mol. The maximum absolute atomic E-state index is 10.8. The average molecular weight is 247 g/mol. The van der Waals surface area contributed by atoms with E-state index in [1.807, 2.05) is 6.07 Å². The number of benzene rings is 1. The van der Waals surface area contributed by atoms with E-state index in [1.54, 1.807) is 12.1 Å². The van der Waals surface area contributed by atoms with E-state index in [1.165, 1.54) is 0 Å². The molecule has 0 bridgehead atoms. The molecule has 1 N–H and O–H groups in total. The minimum absolute atomic E-state index is 0.567. The molecule has 0 saturated carbocycles. The van der Waals surface area contributed by atoms with Crippen molar-refractivity contribution < 1.29 is 9.59 Å². The molecule has 1 amide bonds. The number of anilines is 2. The first-order valence-electron chi connectivity index (χ1n) is 5.97. The lowest BCUT2D eigenvalue weighted by Gasteiger charge is -2.35. The summed E-state index contributed by atoms with van der Waals surface area (Å²) in [5, 5.41) is 2.66. The van der Waals surface area contributed by atoms with Crippen LogP contribution < -0.4 is 10.2 Å². The number of carbonyl (C=O) groups is 2. The zero-order valence-electron chi connectivity index (χ0n) is 10.4. The highest BCUT2D eigenvalue weighted by Gasteiger charge is 2.17. The highest BCUT2D eigenvalue weighted by molar-refractivity contribution is 5.87. The first-order chi connectivity index (χ1) is 8.74. The van der Waals surface area contributed by atoms with Crippen molar-refractivity contribution in [2.75, 3.05) is 43.4 Å². The molecule has 1 fully saturated rings. The Morgan fingerprint density at radius 1 is 1.17 bits per heavy atom. The molecular formula is C13H17N3O2. The summed E-state index contributed by atoms with van der Waals surface area (Å²) < 4.78 is 0. The Balaban J connectivity index is 2.25. The lowest BCUT2D eigenvalue weighted by Crippen LogP contribution is -2.44. The molecule has 1 aliphatic rings. The summed E-state index contributed by atoms with van der Waals surface area (Å²) in [5.41, 5.74) is 2.23. The lowest BCUT2D eigenvalue weighted by atomic mass is 10.1. The van der Waals surface area contributed by atoms with Gasteiger partial charge in [-0.15, -0.1) is 0 Å². The van der Waals surface area contributed by atoms with Crippen LogP contribution in [0.5, 0.6) is 0 Å². The van der Waals surface area contributed by atoms with Crippen LogP contribution in [0.1, 0.15) is 10.4 Å². The van der Waals surface area contributed by atoms with E-state index in [-0.39, 0.29) is 0 Å². The van der Waals surface area contributed by atoms with Gasteiger partial charge in [-0.1, -0.05) is 0 Å². The minimum atomic E-state index is 0.567. The summed E-state index contributed by atoms with van der Waals surface area (Å²) in [7, 11) is 2.09. The van der Waals surface area contributed by atoms with Crippen LogP contribution >= 0.6 is 0 Å². The fourth-order valence-electron chi connectivity index (χ4n) is 2.13. The second-order valence-electron chi connectivity index (χ2n) is 4.45. The van der Waals surface area contributed by atoms with E-state index < -0.39 is 0 Å². The highest BCUT2D eigenvalue weighted by Crippen LogP contribution is 2.27. The number of hydrogen-bond donors (Lipinski definition) is 1. The Morgan fingerprint density at radius 2 is 1.89 bits per heavy atom. The van der Waals surface area contributed by atoms with Crippen LogP contribution in [0.25, 0.3) is 0 Å². The van der Waals surface area contributed by atoms with Crippen molar-refractivity contribution in [3.8, 4) is 0 Å². The van der Waals surface area contributed by atoms with Crippen molar-refractivity contribution in [1.82, 2.24) is 4.90 Å². The van der Waals surface area contributed by atoms with Gasteiger partial charge < -0.3 is 15.1 Å². The summed E-state index contributed by atoms with van der Waals surface area (Å²) in [4.78, 5) is 25.9. The Kier molecular flexibility index (Phi) is 3.94. The number of carbonyl (C=O) groups excluding carboxylic acids is 2. The molecule has 0 aliphatic carbocycles. The van der Waals surface area contributed by atoms with Gasteiger partial charge in [0.05, 0.1) is 11.4 Å². The van der Waals surface area contributed by atoms with Gasteiger partial charge in [0.15, 0.2) is 0 Å². The number of nitrogens with zero attached hydrogens (tertiary/aromatic N) is 2. The summed E-state index contributed by atoms with van der Waals surface area (Å²) in [5.74, 6) is 0. The SMILES string of the molecule is CN1CCN(c2ccc(C=O)cc2NC=O)CC1. The number of piperazine rings is 1. The Morgan fingerprint density at radius 3 is 2.50 bits per heavy atom. The number of rotatable bonds is 4. The van der Waals surface area contributed by atoms with Gasteiger partial charge in [0.25, 0.3) is 0 Å². The van der Waals surface area contributed by atoms with Gasteiger partial charge in [0.2, 0.25) is 6.41 Å². The van der Waals surface area contributed by atoms with Crippen LogP contribution in [-0.4, -0.2) is 50.8 Å². The van der Waals surface area contributed by atoms with Gasteiger partial charge in [0.1, 0.15) is 6.29 Å². The summed E-state index contributed by atoms with van der Waals surface area (Å²) in [6, 6.07) is 5.37. The zero-order chi connectivity index (χ0) is 13.0. The summed E-state index contributed by atoms with van der Waals surface area (Å²) in [6.07, 6.45) is 1.42. The number of amides is 1. The smallest absolute Gasteiger partial charge is 0.211 e. The predicted octanol–water partition coefficient (Wildman–Crippen LogP) is 0.819. The molecule has 96 valence electrons. The second kappa shape index (κ2) is 5.64. The number of likely N-dealkylation sites (N-methyl/N-ethyl adjacent to an activating group) is 1. The van der Waals surface area contributed by atoms with E-state index in [9.17, 15) is 9.59 Å². The molecule has 1 heterocycles. The van der Waals surface area contributed by atoms with Crippen LogP contribution in [0, 0.1) is 0 Å². The largest absolute Gasteiger partial charge is 0.367 e. The number of hydrogen-bond acceptors (Lipinski definition) is 4. The molecule has 18 heavy (non-hydrogen) atoms. The predicted molar refractivity (Wildman–Crippen MR) is 71.2 cm³/mol. The van der Waals surface area contributed by atoms with Crippen molar-refractivity contribution in [3.05, 3.63) is 23.8 Å². The molecule has 1 saturated heterocycles. The molecule has 2 rings (SSSR count). The molecule has 0 atom stereocenters. The van der Waals surface area contributed by atoms with Gasteiger partial charge in [-0.3, -0.25) is 9.59 Å². The summed E-state index contributed by atoms with van der Waals surface area (Å²) >= 11 is 0. The molecule has 0 unspecified atom stereocenters. The third-order valence-corrected chi connectivity index (χ3v) is 3.22. The number of nitrogens with one attached hydrogen (secondary N) is 1. The van der Waals surface area contributed by atoms with Crippen LogP contribution in [-0.2, 0) is 4.79 Å². The molecule has 0 radical (unpaired) electrons. The molecule has 0 aromatic heterocycles. The van der Waals surface area contributed by atoms with Crippen LogP contribution in [0.2, 0.25) is 0 Å². The minimum Gasteiger partial charge on any atom is -0.367 e. The molecule has 0 spiro atoms. The molecule has 5 nitrogen and oxygen atoms in total. The monoisotopic (exact) mass is 247 g/mol. The quantitative estimate of drug-likeness (QED) is 0.800. The fraction of sp³-hybridized carbons (Fsp3) is 0.385. The lowest BCUT2D eigenvalue weighted by molar-refractivity contribution is -0.105. The van der Waals surface area contributed by atoms with Gasteiger partial charge in [0, 0.05) is 31.7 Å². The molecule has 1 aromatic carbocycles. The Labute approximate surface area is 106 Å². The zero-order valence-corrected chi connectivity index (χ0v) is 10.4. The van der Waals surface area contributed by atoms with E-state index in [2.05, 4.69) is 22.2 Å². The Bertz CT molecular complexity index is 440. The molecule has 1 aliphatic heterocycles. The second-order valence-corrected chi connectivity index (χ2v) is 4.45. The third-order valence-electron chi connectivity index (χ3n) is 3.22. The maximum atomic E-state index is 10.8. The van der Waals surface area contributed by atoms with E-state index in [0.717, 1.165) is 38.2 Å². The van der Waals surface area contributed by atoms with E-state index >= 15 is 0 Å². The molecule has 1 aromatic rings. The average Bonchev–Trinajstić information content (AvgIpc) is 2.40. The first kappa shape index (κ1) is 12.6. The van der Waals surface area contributed by atoms with Crippen LogP contribution in [0.3, 0.4) is 0 Å². The van der Waals surface area contributed by atoms with Crippen molar-refractivity contribution in [1.29, 1.82) is 0 Å². The fourth-order valence-corrected chi connectivity index (χ4v) is 2.13. The van der Waals surface area contributed by atoms with Gasteiger partial charge in [-0.25, -0.2) is 0 Å². The Hall–Kier alpha value is -1.88. The van der Waals surface area contributed by atoms with Gasteiger partial charge in [-0.2, -0.15) is 0 Å². The van der Waals surface area contributed by atoms with Crippen LogP contribution in [0.4, 0.5) is 11.4 Å². The summed E-state index contributed by atoms with van der Waals surface area (Å²) in [6.45, 7) is 3.83. The maximum Gasteiger partial charge on any atom is 0.211 e. The van der Waals surface area contributed by atoms with Crippen molar-refractivity contribution in [3.63, 3.8) is 0 Å².